The van der Waals surface area contributed by atoms with Crippen LogP contribution in [-0.4, -0.2) is 21.9 Å². The van der Waals surface area contributed by atoms with E-state index in [2.05, 4.69) is 27.4 Å². The van der Waals surface area contributed by atoms with E-state index in [0.29, 0.717) is 0 Å². The number of nitrogens with one attached hydrogen (secondary N) is 1. The van der Waals surface area contributed by atoms with Crippen molar-refractivity contribution in [2.75, 3.05) is 11.4 Å². The van der Waals surface area contributed by atoms with E-state index in [1.165, 1.54) is 0 Å². The number of hydrogen-bond donors (Lipinski definition) is 2. The number of nitrogens with two attached hydrogens (primary N) is 1. The molecule has 3 N–H and O–H groups in total. The van der Waals surface area contributed by atoms with Crippen molar-refractivity contribution in [1.29, 1.82) is 5.41 Å². The lowest BCUT2D eigenvalue weighted by molar-refractivity contribution is 0.559. The summed E-state index contributed by atoms with van der Waals surface area (Å²) in [5, 5.41) is 7.74. The van der Waals surface area contributed by atoms with Gasteiger partial charge in [-0.1, -0.05) is 12.1 Å². The van der Waals surface area contributed by atoms with E-state index in [1.54, 1.807) is 0 Å². The highest BCUT2D eigenvalue weighted by Gasteiger charge is 2.21. The van der Waals surface area contributed by atoms with Crippen LogP contribution in [0.5, 0.6) is 0 Å². The Kier molecular flexibility index (Phi) is 2.74. The van der Waals surface area contributed by atoms with Gasteiger partial charge >= 0.3 is 0 Å². The quantitative estimate of drug-likeness (QED) is 0.631. The van der Waals surface area contributed by atoms with Crippen LogP contribution >= 0.6 is 0 Å². The van der Waals surface area contributed by atoms with Crippen LogP contribution in [0.25, 0.3) is 0 Å². The van der Waals surface area contributed by atoms with E-state index >= 15 is 0 Å². The minimum Gasteiger partial charge on any atom is -0.384 e. The fourth-order valence-corrected chi connectivity index (χ4v) is 2.66. The highest BCUT2D eigenvalue weighted by molar-refractivity contribution is 6.01. The lowest BCUT2D eigenvalue weighted by Gasteiger charge is -2.32. The van der Waals surface area contributed by atoms with Gasteiger partial charge in [0.2, 0.25) is 0 Å². The number of rotatable bonds is 2. The number of anilines is 1. The van der Waals surface area contributed by atoms with Crippen molar-refractivity contribution in [1.82, 2.24) is 9.55 Å². The van der Waals surface area contributed by atoms with E-state index in [1.807, 2.05) is 24.5 Å². The summed E-state index contributed by atoms with van der Waals surface area (Å²) >= 11 is 0. The smallest absolute Gasteiger partial charge is 0.128 e. The summed E-state index contributed by atoms with van der Waals surface area (Å²) in [5.41, 5.74) is 8.71. The van der Waals surface area contributed by atoms with Crippen LogP contribution < -0.4 is 10.6 Å². The molecule has 3 rings (SSSR count). The van der Waals surface area contributed by atoms with Gasteiger partial charge in [0.15, 0.2) is 0 Å². The van der Waals surface area contributed by atoms with Crippen LogP contribution in [-0.2, 0) is 13.1 Å². The number of benzene rings is 1. The second kappa shape index (κ2) is 4.42. The van der Waals surface area contributed by atoms with Gasteiger partial charge in [0.25, 0.3) is 0 Å². The summed E-state index contributed by atoms with van der Waals surface area (Å²) in [6.45, 7) is 4.65. The second-order valence-electron chi connectivity index (χ2n) is 4.84. The van der Waals surface area contributed by atoms with E-state index < -0.39 is 0 Å². The molecular formula is C14H17N5. The van der Waals surface area contributed by atoms with Gasteiger partial charge in [0.05, 0.1) is 12.2 Å². The van der Waals surface area contributed by atoms with Crippen molar-refractivity contribution in [2.45, 2.75) is 20.0 Å². The van der Waals surface area contributed by atoms with Gasteiger partial charge in [0.1, 0.15) is 11.7 Å². The molecule has 5 nitrogen and oxygen atoms in total. The summed E-state index contributed by atoms with van der Waals surface area (Å²) in [6, 6.07) is 5.91. The van der Waals surface area contributed by atoms with E-state index in [0.717, 1.165) is 42.3 Å². The zero-order chi connectivity index (χ0) is 13.4. The van der Waals surface area contributed by atoms with E-state index in [-0.39, 0.29) is 5.84 Å². The highest BCUT2D eigenvalue weighted by atomic mass is 15.2. The van der Waals surface area contributed by atoms with Crippen LogP contribution in [0.15, 0.2) is 30.6 Å². The van der Waals surface area contributed by atoms with Crippen LogP contribution in [0.2, 0.25) is 0 Å². The zero-order valence-corrected chi connectivity index (χ0v) is 10.9. The minimum atomic E-state index is 0.118. The molecule has 1 aromatic heterocycles. The molecule has 0 spiro atoms. The predicted octanol–water partition coefficient (Wildman–Crippen LogP) is 1.50. The van der Waals surface area contributed by atoms with Gasteiger partial charge in [0, 0.05) is 31.0 Å². The van der Waals surface area contributed by atoms with Crippen molar-refractivity contribution in [2.24, 2.45) is 5.73 Å². The Morgan fingerprint density at radius 1 is 1.37 bits per heavy atom. The zero-order valence-electron chi connectivity index (χ0n) is 10.9. The van der Waals surface area contributed by atoms with Crippen molar-refractivity contribution >= 4 is 11.5 Å². The monoisotopic (exact) mass is 255 g/mol. The minimum absolute atomic E-state index is 0.118. The molecule has 2 aromatic rings. The number of fused-ring (bicyclic) bond motifs is 1. The van der Waals surface area contributed by atoms with Crippen molar-refractivity contribution in [3.8, 4) is 0 Å². The van der Waals surface area contributed by atoms with Gasteiger partial charge < -0.3 is 15.2 Å². The third-order valence-electron chi connectivity index (χ3n) is 3.59. The molecule has 0 unspecified atom stereocenters. The maximum absolute atomic E-state index is 7.74. The topological polar surface area (TPSA) is 70.9 Å². The Balaban J connectivity index is 2.02. The first-order chi connectivity index (χ1) is 9.16. The lowest BCUT2D eigenvalue weighted by Crippen LogP contribution is -2.35. The van der Waals surface area contributed by atoms with Gasteiger partial charge in [-0.05, 0) is 18.6 Å². The summed E-state index contributed by atoms with van der Waals surface area (Å²) in [6.07, 6.45) is 3.85. The molecule has 98 valence electrons. The third kappa shape index (κ3) is 1.97. The van der Waals surface area contributed by atoms with Crippen LogP contribution in [0.3, 0.4) is 0 Å². The van der Waals surface area contributed by atoms with Crippen molar-refractivity contribution < 1.29 is 0 Å². The summed E-state index contributed by atoms with van der Waals surface area (Å²) in [5.74, 6) is 1.18. The fourth-order valence-electron chi connectivity index (χ4n) is 2.66. The highest BCUT2D eigenvalue weighted by Crippen LogP contribution is 2.28. The summed E-state index contributed by atoms with van der Waals surface area (Å²) < 4.78 is 2.17. The first-order valence-electron chi connectivity index (χ1n) is 6.36. The van der Waals surface area contributed by atoms with Crippen molar-refractivity contribution in [3.63, 3.8) is 0 Å². The number of para-hydroxylation sites is 1. The van der Waals surface area contributed by atoms with Gasteiger partial charge in [-0.2, -0.15) is 0 Å². The molecule has 0 aliphatic carbocycles. The molecule has 1 aromatic carbocycles. The van der Waals surface area contributed by atoms with Gasteiger partial charge in [-0.25, -0.2) is 4.98 Å². The standard InChI is InChI=1S/C14H17N5/c1-10-3-2-4-11(14(15)16)13(10)19-8-7-18-6-5-17-12(18)9-19/h2-6H,7-9H2,1H3,(H3,15,16). The number of aromatic nitrogens is 2. The largest absolute Gasteiger partial charge is 0.384 e. The van der Waals surface area contributed by atoms with E-state index in [4.69, 9.17) is 11.1 Å². The molecule has 5 heteroatoms. The SMILES string of the molecule is Cc1cccc(C(=N)N)c1N1CCn2ccnc2C1. The molecule has 0 bridgehead atoms. The van der Waals surface area contributed by atoms with Crippen LogP contribution in [0.1, 0.15) is 17.0 Å². The molecule has 19 heavy (non-hydrogen) atoms. The summed E-state index contributed by atoms with van der Waals surface area (Å²) in [7, 11) is 0. The molecule has 2 heterocycles. The lowest BCUT2D eigenvalue weighted by atomic mass is 10.1. The van der Waals surface area contributed by atoms with E-state index in [9.17, 15) is 0 Å². The Bertz CT molecular complexity index is 629. The molecule has 0 saturated carbocycles. The van der Waals surface area contributed by atoms with Crippen LogP contribution in [0, 0.1) is 12.3 Å². The molecular weight excluding hydrogens is 238 g/mol. The number of imidazole rings is 1. The number of aryl methyl sites for hydroxylation is 1. The normalized spacial score (nSPS) is 14.3. The Morgan fingerprint density at radius 3 is 3.00 bits per heavy atom. The van der Waals surface area contributed by atoms with Gasteiger partial charge in [-0.3, -0.25) is 5.41 Å². The fraction of sp³-hybridized carbons (Fsp3) is 0.286. The molecule has 1 aliphatic rings. The average Bonchev–Trinajstić information content (AvgIpc) is 2.85. The van der Waals surface area contributed by atoms with Crippen molar-refractivity contribution in [3.05, 3.63) is 47.5 Å². The number of amidine groups is 1. The first-order valence-corrected chi connectivity index (χ1v) is 6.36. The number of nitrogen functional groups attached to an aromatic ring is 1. The summed E-state index contributed by atoms with van der Waals surface area (Å²) in [4.78, 5) is 6.63. The Labute approximate surface area is 112 Å². The first kappa shape index (κ1) is 11.8. The molecule has 0 radical (unpaired) electrons. The predicted molar refractivity (Wildman–Crippen MR) is 75.5 cm³/mol. The molecule has 0 saturated heterocycles. The number of nitrogens with zero attached hydrogens (tertiary/aromatic N) is 3. The molecule has 0 atom stereocenters. The maximum atomic E-state index is 7.74. The second-order valence-corrected chi connectivity index (χ2v) is 4.84. The molecule has 1 aliphatic heterocycles. The Hall–Kier alpha value is -2.30. The maximum Gasteiger partial charge on any atom is 0.128 e. The van der Waals surface area contributed by atoms with Crippen LogP contribution in [0.4, 0.5) is 5.69 Å². The Morgan fingerprint density at radius 2 is 2.21 bits per heavy atom. The third-order valence-corrected chi connectivity index (χ3v) is 3.59. The molecule has 0 amide bonds. The van der Waals surface area contributed by atoms with Gasteiger partial charge in [-0.15, -0.1) is 0 Å². The molecule has 0 fully saturated rings. The number of hydrogen-bond acceptors (Lipinski definition) is 3. The average molecular weight is 255 g/mol.